The summed E-state index contributed by atoms with van der Waals surface area (Å²) in [6.45, 7) is 1.54. The van der Waals surface area contributed by atoms with Gasteiger partial charge in [0.2, 0.25) is 0 Å². The number of methoxy groups -OCH3 is 1. The maximum atomic E-state index is 14.1. The van der Waals surface area contributed by atoms with Crippen LogP contribution in [0.25, 0.3) is 0 Å². The summed E-state index contributed by atoms with van der Waals surface area (Å²) in [4.78, 5) is 17.2. The summed E-state index contributed by atoms with van der Waals surface area (Å²) in [6, 6.07) is 14.0. The fraction of sp³-hybridized carbons (Fsp3) is 0.381. The first-order valence-corrected chi connectivity index (χ1v) is 8.97. The minimum absolute atomic E-state index is 0.0232. The monoisotopic (exact) mass is 372 g/mol. The fourth-order valence-electron chi connectivity index (χ4n) is 3.56. The molecule has 3 rings (SSSR count). The second kappa shape index (κ2) is 8.50. The molecule has 0 radical (unpaired) electrons. The molecule has 1 amide bonds. The lowest BCUT2D eigenvalue weighted by molar-refractivity contribution is -0.0685. The summed E-state index contributed by atoms with van der Waals surface area (Å²) in [6.07, 6.45) is -0.181. The topological polar surface area (TPSA) is 42.0 Å². The van der Waals surface area contributed by atoms with E-state index in [1.807, 2.05) is 49.3 Å². The van der Waals surface area contributed by atoms with E-state index in [1.165, 1.54) is 19.2 Å². The Morgan fingerprint density at radius 3 is 2.63 bits per heavy atom. The smallest absolute Gasteiger partial charge is 0.258 e. The zero-order chi connectivity index (χ0) is 19.4. The molecule has 27 heavy (non-hydrogen) atoms. The Hall–Kier alpha value is -2.44. The lowest BCUT2D eigenvalue weighted by atomic mass is 9.96. The van der Waals surface area contributed by atoms with Gasteiger partial charge in [-0.2, -0.15) is 0 Å². The molecule has 6 heteroatoms. The largest absolute Gasteiger partial charge is 0.493 e. The number of morpholine rings is 1. The van der Waals surface area contributed by atoms with Gasteiger partial charge in [0.1, 0.15) is 0 Å². The van der Waals surface area contributed by atoms with Crippen molar-refractivity contribution in [3.05, 3.63) is 65.5 Å². The number of hydrogen-bond acceptors (Lipinski definition) is 4. The van der Waals surface area contributed by atoms with E-state index in [9.17, 15) is 9.18 Å². The van der Waals surface area contributed by atoms with E-state index in [2.05, 4.69) is 0 Å². The van der Waals surface area contributed by atoms with E-state index < -0.39 is 5.82 Å². The average molecular weight is 372 g/mol. The number of halogens is 1. The Morgan fingerprint density at radius 1 is 1.22 bits per heavy atom. The van der Waals surface area contributed by atoms with Gasteiger partial charge in [-0.3, -0.25) is 4.79 Å². The summed E-state index contributed by atoms with van der Waals surface area (Å²) in [7, 11) is 5.32. The van der Waals surface area contributed by atoms with Crippen molar-refractivity contribution in [2.24, 2.45) is 0 Å². The van der Waals surface area contributed by atoms with Crippen molar-refractivity contribution in [2.45, 2.75) is 12.1 Å². The second-order valence-electron chi connectivity index (χ2n) is 6.85. The van der Waals surface area contributed by atoms with Gasteiger partial charge in [0.15, 0.2) is 11.6 Å². The molecule has 2 aromatic rings. The molecule has 5 nitrogen and oxygen atoms in total. The number of nitrogens with zero attached hydrogens (tertiary/aromatic N) is 2. The summed E-state index contributed by atoms with van der Waals surface area (Å²) in [5.74, 6) is -0.824. The first kappa shape index (κ1) is 19.3. The minimum atomic E-state index is -0.544. The van der Waals surface area contributed by atoms with Crippen LogP contribution in [0.2, 0.25) is 0 Å². The van der Waals surface area contributed by atoms with E-state index in [1.54, 1.807) is 11.0 Å². The van der Waals surface area contributed by atoms with E-state index in [0.717, 1.165) is 5.56 Å². The van der Waals surface area contributed by atoms with E-state index in [-0.39, 0.29) is 29.4 Å². The van der Waals surface area contributed by atoms with Crippen LogP contribution in [0, 0.1) is 5.82 Å². The lowest BCUT2D eigenvalue weighted by Crippen LogP contribution is -2.51. The molecule has 0 aromatic heterocycles. The first-order valence-electron chi connectivity index (χ1n) is 8.97. The van der Waals surface area contributed by atoms with Gasteiger partial charge >= 0.3 is 0 Å². The Bertz CT molecular complexity index is 782. The Morgan fingerprint density at radius 2 is 1.96 bits per heavy atom. The summed E-state index contributed by atoms with van der Waals surface area (Å²) >= 11 is 0. The van der Waals surface area contributed by atoms with Crippen LogP contribution in [-0.4, -0.2) is 62.7 Å². The van der Waals surface area contributed by atoms with Gasteiger partial charge in [-0.25, -0.2) is 4.39 Å². The third-order valence-corrected chi connectivity index (χ3v) is 4.70. The van der Waals surface area contributed by atoms with Gasteiger partial charge in [0.05, 0.1) is 31.4 Å². The molecule has 0 unspecified atom stereocenters. The minimum Gasteiger partial charge on any atom is -0.493 e. The van der Waals surface area contributed by atoms with Crippen molar-refractivity contribution >= 4 is 5.91 Å². The number of carbonyl (C=O) groups is 1. The van der Waals surface area contributed by atoms with Gasteiger partial charge < -0.3 is 19.3 Å². The highest BCUT2D eigenvalue weighted by Gasteiger charge is 2.37. The lowest BCUT2D eigenvalue weighted by Gasteiger charge is -2.42. The number of likely N-dealkylation sites (N-methyl/N-ethyl adjacent to an activating group) is 1. The molecule has 1 aliphatic heterocycles. The quantitative estimate of drug-likeness (QED) is 0.809. The molecule has 144 valence electrons. The van der Waals surface area contributed by atoms with Crippen molar-refractivity contribution in [1.82, 2.24) is 9.80 Å². The van der Waals surface area contributed by atoms with Crippen molar-refractivity contribution in [3.8, 4) is 5.75 Å². The molecule has 2 aromatic carbocycles. The highest BCUT2D eigenvalue weighted by Crippen LogP contribution is 2.33. The zero-order valence-electron chi connectivity index (χ0n) is 15.9. The summed E-state index contributed by atoms with van der Waals surface area (Å²) in [5.41, 5.74) is 1.22. The Kier molecular flexibility index (Phi) is 6.08. The normalized spacial score (nSPS) is 20.0. The van der Waals surface area contributed by atoms with E-state index >= 15 is 0 Å². The second-order valence-corrected chi connectivity index (χ2v) is 6.85. The molecule has 0 saturated carbocycles. The summed E-state index contributed by atoms with van der Waals surface area (Å²) in [5, 5.41) is 0. The predicted molar refractivity (Wildman–Crippen MR) is 101 cm³/mol. The van der Waals surface area contributed by atoms with Crippen molar-refractivity contribution in [2.75, 3.05) is 40.9 Å². The SMILES string of the molecule is COc1c(F)cccc1C(=O)N1CCO[C@@H](CN(C)C)[C@@H]1c1ccccc1. The van der Waals surface area contributed by atoms with Gasteiger partial charge in [-0.1, -0.05) is 36.4 Å². The summed E-state index contributed by atoms with van der Waals surface area (Å²) < 4.78 is 25.3. The standard InChI is InChI=1S/C21H25FN2O3/c1-23(2)14-18-19(15-8-5-4-6-9-15)24(12-13-27-18)21(25)16-10-7-11-17(22)20(16)26-3/h4-11,18-19H,12-14H2,1-3H3/t18-,19-/m0/s1. The highest BCUT2D eigenvalue weighted by atomic mass is 19.1. The van der Waals surface area contributed by atoms with Crippen LogP contribution in [0.5, 0.6) is 5.75 Å². The number of rotatable bonds is 5. The van der Waals surface area contributed by atoms with Crippen molar-refractivity contribution in [1.29, 1.82) is 0 Å². The van der Waals surface area contributed by atoms with E-state index in [0.29, 0.717) is 19.7 Å². The number of para-hydroxylation sites is 1. The van der Waals surface area contributed by atoms with Gasteiger partial charge in [-0.05, 0) is 31.8 Å². The van der Waals surface area contributed by atoms with Crippen LogP contribution < -0.4 is 4.74 Å². The molecule has 1 aliphatic rings. The number of benzene rings is 2. The van der Waals surface area contributed by atoms with Crippen molar-refractivity contribution < 1.29 is 18.7 Å². The molecular weight excluding hydrogens is 347 g/mol. The number of hydrogen-bond donors (Lipinski definition) is 0. The third-order valence-electron chi connectivity index (χ3n) is 4.70. The molecular formula is C21H25FN2O3. The van der Waals surface area contributed by atoms with Crippen LogP contribution in [-0.2, 0) is 4.74 Å². The molecule has 2 atom stereocenters. The van der Waals surface area contributed by atoms with Gasteiger partial charge in [0.25, 0.3) is 5.91 Å². The van der Waals surface area contributed by atoms with Crippen LogP contribution in [0.15, 0.2) is 48.5 Å². The Balaban J connectivity index is 2.01. The van der Waals surface area contributed by atoms with Crippen LogP contribution >= 0.6 is 0 Å². The molecule has 0 N–H and O–H groups in total. The zero-order valence-corrected chi connectivity index (χ0v) is 15.9. The number of ether oxygens (including phenoxy) is 2. The fourth-order valence-corrected chi connectivity index (χ4v) is 3.56. The van der Waals surface area contributed by atoms with Crippen LogP contribution in [0.4, 0.5) is 4.39 Å². The average Bonchev–Trinajstić information content (AvgIpc) is 2.67. The van der Waals surface area contributed by atoms with Crippen molar-refractivity contribution in [3.63, 3.8) is 0 Å². The molecule has 0 aliphatic carbocycles. The first-order chi connectivity index (χ1) is 13.0. The Labute approximate surface area is 159 Å². The molecule has 0 bridgehead atoms. The van der Waals surface area contributed by atoms with Crippen LogP contribution in [0.1, 0.15) is 22.0 Å². The molecule has 0 spiro atoms. The van der Waals surface area contributed by atoms with Gasteiger partial charge in [-0.15, -0.1) is 0 Å². The van der Waals surface area contributed by atoms with Gasteiger partial charge in [0, 0.05) is 13.1 Å². The number of amides is 1. The third kappa shape index (κ3) is 4.12. The molecule has 1 heterocycles. The number of carbonyl (C=O) groups excluding carboxylic acids is 1. The maximum Gasteiger partial charge on any atom is 0.258 e. The predicted octanol–water partition coefficient (Wildman–Crippen LogP) is 2.98. The maximum absolute atomic E-state index is 14.1. The van der Waals surface area contributed by atoms with E-state index in [4.69, 9.17) is 9.47 Å². The molecule has 1 saturated heterocycles. The molecule has 1 fully saturated rings. The van der Waals surface area contributed by atoms with Crippen LogP contribution in [0.3, 0.4) is 0 Å². The highest BCUT2D eigenvalue weighted by molar-refractivity contribution is 5.97.